The van der Waals surface area contributed by atoms with E-state index in [1.54, 1.807) is 44.3 Å². The Hall–Kier alpha value is -3.09. The highest BCUT2D eigenvalue weighted by Gasteiger charge is 2.16. The number of aryl methyl sites for hydroxylation is 1. The van der Waals surface area contributed by atoms with Crippen LogP contribution in [-0.4, -0.2) is 29.9 Å². The summed E-state index contributed by atoms with van der Waals surface area (Å²) in [7, 11) is 1.54. The van der Waals surface area contributed by atoms with Crippen LogP contribution in [0.4, 0.5) is 11.4 Å². The van der Waals surface area contributed by atoms with Crippen LogP contribution in [-0.2, 0) is 4.79 Å². The molecule has 2 rings (SSSR count). The molecule has 2 amide bonds. The van der Waals surface area contributed by atoms with E-state index in [0.29, 0.717) is 28.4 Å². The number of carbonyl (C=O) groups excluding carboxylic acids is 2. The number of hydrogen-bond donors (Lipinski definition) is 3. The Bertz CT molecular complexity index is 761. The van der Waals surface area contributed by atoms with Crippen molar-refractivity contribution in [3.05, 3.63) is 47.8 Å². The number of nitrogens with zero attached hydrogens (tertiary/aromatic N) is 1. The van der Waals surface area contributed by atoms with Crippen LogP contribution in [0.5, 0.6) is 5.75 Å². The lowest BCUT2D eigenvalue weighted by atomic mass is 10.1. The van der Waals surface area contributed by atoms with Crippen LogP contribution in [0, 0.1) is 6.92 Å². The van der Waals surface area contributed by atoms with Crippen molar-refractivity contribution in [1.29, 1.82) is 0 Å². The molecule has 1 aromatic carbocycles. The van der Waals surface area contributed by atoms with Crippen LogP contribution in [0.3, 0.4) is 0 Å². The second kappa shape index (κ2) is 7.45. The zero-order valence-corrected chi connectivity index (χ0v) is 13.8. The second-order valence-electron chi connectivity index (χ2n) is 5.28. The van der Waals surface area contributed by atoms with E-state index < -0.39 is 11.9 Å². The fourth-order valence-electron chi connectivity index (χ4n) is 2.17. The van der Waals surface area contributed by atoms with Crippen molar-refractivity contribution in [1.82, 2.24) is 4.98 Å². The van der Waals surface area contributed by atoms with Gasteiger partial charge in [0.15, 0.2) is 0 Å². The molecule has 1 unspecified atom stereocenters. The number of nitrogens with two attached hydrogens (primary N) is 1. The molecule has 0 saturated heterocycles. The SMILES string of the molecule is COc1ccccc1NC(=O)C(C)Nc1cnc(C)c(C(N)=O)c1. The van der Waals surface area contributed by atoms with Crippen LogP contribution in [0.25, 0.3) is 0 Å². The van der Waals surface area contributed by atoms with Crippen LogP contribution >= 0.6 is 0 Å². The first-order valence-corrected chi connectivity index (χ1v) is 7.39. The molecule has 4 N–H and O–H groups in total. The van der Waals surface area contributed by atoms with E-state index >= 15 is 0 Å². The summed E-state index contributed by atoms with van der Waals surface area (Å²) in [5, 5.41) is 5.79. The standard InChI is InChI=1S/C17H20N4O3/c1-10-13(16(18)22)8-12(9-19-10)20-11(2)17(23)21-14-6-4-5-7-15(14)24-3/h4-9,11,20H,1-3H3,(H2,18,22)(H,21,23). The monoisotopic (exact) mass is 328 g/mol. The summed E-state index contributed by atoms with van der Waals surface area (Å²) in [5.74, 6) is -0.235. The molecule has 0 aliphatic heterocycles. The molecule has 24 heavy (non-hydrogen) atoms. The summed E-state index contributed by atoms with van der Waals surface area (Å²) in [6.45, 7) is 3.40. The minimum absolute atomic E-state index is 0.249. The Morgan fingerprint density at radius 1 is 1.29 bits per heavy atom. The Morgan fingerprint density at radius 3 is 2.67 bits per heavy atom. The number of amides is 2. The first kappa shape index (κ1) is 17.3. The van der Waals surface area contributed by atoms with Gasteiger partial charge in [-0.05, 0) is 32.0 Å². The molecule has 0 saturated carbocycles. The van der Waals surface area contributed by atoms with Crippen molar-refractivity contribution in [2.24, 2.45) is 5.73 Å². The maximum Gasteiger partial charge on any atom is 0.250 e. The van der Waals surface area contributed by atoms with E-state index in [1.807, 2.05) is 6.07 Å². The van der Waals surface area contributed by atoms with Crippen molar-refractivity contribution in [2.45, 2.75) is 19.9 Å². The molecule has 0 radical (unpaired) electrons. The predicted molar refractivity (Wildman–Crippen MR) is 92.2 cm³/mol. The molecule has 7 nitrogen and oxygen atoms in total. The van der Waals surface area contributed by atoms with Gasteiger partial charge < -0.3 is 21.1 Å². The number of benzene rings is 1. The number of aromatic nitrogens is 1. The number of primary amides is 1. The Kier molecular flexibility index (Phi) is 5.36. The quantitative estimate of drug-likeness (QED) is 0.751. The van der Waals surface area contributed by atoms with Crippen LogP contribution in [0.1, 0.15) is 23.0 Å². The molecule has 0 aliphatic rings. The van der Waals surface area contributed by atoms with Gasteiger partial charge in [0.25, 0.3) is 5.91 Å². The zero-order valence-electron chi connectivity index (χ0n) is 13.8. The smallest absolute Gasteiger partial charge is 0.250 e. The van der Waals surface area contributed by atoms with E-state index in [2.05, 4.69) is 15.6 Å². The lowest BCUT2D eigenvalue weighted by Gasteiger charge is -2.17. The number of rotatable bonds is 6. The number of nitrogens with one attached hydrogen (secondary N) is 2. The van der Waals surface area contributed by atoms with Gasteiger partial charge in [0.05, 0.1) is 35.9 Å². The Balaban J connectivity index is 2.09. The topological polar surface area (TPSA) is 106 Å². The van der Waals surface area contributed by atoms with Gasteiger partial charge in [-0.3, -0.25) is 14.6 Å². The highest BCUT2D eigenvalue weighted by atomic mass is 16.5. The van der Waals surface area contributed by atoms with E-state index in [1.165, 1.54) is 7.11 Å². The van der Waals surface area contributed by atoms with Gasteiger partial charge in [0, 0.05) is 0 Å². The van der Waals surface area contributed by atoms with Gasteiger partial charge in [-0.2, -0.15) is 0 Å². The lowest BCUT2D eigenvalue weighted by Crippen LogP contribution is -2.32. The van der Waals surface area contributed by atoms with E-state index in [4.69, 9.17) is 10.5 Å². The van der Waals surface area contributed by atoms with E-state index in [0.717, 1.165) is 0 Å². The van der Waals surface area contributed by atoms with Crippen LogP contribution in [0.15, 0.2) is 36.5 Å². The minimum atomic E-state index is -0.560. The number of hydrogen-bond acceptors (Lipinski definition) is 5. The van der Waals surface area contributed by atoms with E-state index in [9.17, 15) is 9.59 Å². The third-order valence-corrected chi connectivity index (χ3v) is 3.49. The van der Waals surface area contributed by atoms with Crippen molar-refractivity contribution >= 4 is 23.2 Å². The first-order valence-electron chi connectivity index (χ1n) is 7.39. The van der Waals surface area contributed by atoms with Gasteiger partial charge >= 0.3 is 0 Å². The molecule has 0 fully saturated rings. The lowest BCUT2D eigenvalue weighted by molar-refractivity contribution is -0.116. The van der Waals surface area contributed by atoms with E-state index in [-0.39, 0.29) is 5.91 Å². The van der Waals surface area contributed by atoms with Crippen LogP contribution in [0.2, 0.25) is 0 Å². The summed E-state index contributed by atoms with van der Waals surface area (Å²) < 4.78 is 5.20. The number of methoxy groups -OCH3 is 1. The maximum atomic E-state index is 12.3. The summed E-state index contributed by atoms with van der Waals surface area (Å²) in [6, 6.07) is 8.16. The van der Waals surface area contributed by atoms with Crippen LogP contribution < -0.4 is 21.1 Å². The highest BCUT2D eigenvalue weighted by molar-refractivity contribution is 5.98. The highest BCUT2D eigenvalue weighted by Crippen LogP contribution is 2.23. The van der Waals surface area contributed by atoms with Crippen molar-refractivity contribution in [3.8, 4) is 5.75 Å². The maximum absolute atomic E-state index is 12.3. The zero-order chi connectivity index (χ0) is 17.7. The number of anilines is 2. The Labute approximate surface area is 140 Å². The third kappa shape index (κ3) is 4.01. The fraction of sp³-hybridized carbons (Fsp3) is 0.235. The molecule has 1 aromatic heterocycles. The third-order valence-electron chi connectivity index (χ3n) is 3.49. The molecular formula is C17H20N4O3. The van der Waals surface area contributed by atoms with Gasteiger partial charge in [-0.25, -0.2) is 0 Å². The summed E-state index contributed by atoms with van der Waals surface area (Å²) in [4.78, 5) is 27.8. The summed E-state index contributed by atoms with van der Waals surface area (Å²) >= 11 is 0. The van der Waals surface area contributed by atoms with Gasteiger partial charge in [-0.15, -0.1) is 0 Å². The normalized spacial score (nSPS) is 11.5. The van der Waals surface area contributed by atoms with Crippen molar-refractivity contribution < 1.29 is 14.3 Å². The molecule has 0 bridgehead atoms. The summed E-state index contributed by atoms with van der Waals surface area (Å²) in [5.41, 5.74) is 7.29. The molecule has 2 aromatic rings. The molecule has 1 atom stereocenters. The van der Waals surface area contributed by atoms with Gasteiger partial charge in [0.1, 0.15) is 11.8 Å². The largest absolute Gasteiger partial charge is 0.495 e. The average Bonchev–Trinajstić information content (AvgIpc) is 2.56. The fourth-order valence-corrected chi connectivity index (χ4v) is 2.17. The van der Waals surface area contributed by atoms with Gasteiger partial charge in [-0.1, -0.05) is 12.1 Å². The molecule has 1 heterocycles. The Morgan fingerprint density at radius 2 is 2.00 bits per heavy atom. The first-order chi connectivity index (χ1) is 11.4. The van der Waals surface area contributed by atoms with Crippen molar-refractivity contribution in [2.75, 3.05) is 17.7 Å². The minimum Gasteiger partial charge on any atom is -0.495 e. The molecule has 0 spiro atoms. The average molecular weight is 328 g/mol. The molecule has 0 aliphatic carbocycles. The number of ether oxygens (including phenoxy) is 1. The molecular weight excluding hydrogens is 308 g/mol. The summed E-state index contributed by atoms with van der Waals surface area (Å²) in [6.07, 6.45) is 1.55. The number of para-hydroxylation sites is 2. The number of carbonyl (C=O) groups is 2. The molecule has 7 heteroatoms. The van der Waals surface area contributed by atoms with Crippen molar-refractivity contribution in [3.63, 3.8) is 0 Å². The second-order valence-corrected chi connectivity index (χ2v) is 5.28. The molecule has 126 valence electrons. The van der Waals surface area contributed by atoms with Gasteiger partial charge in [0.2, 0.25) is 5.91 Å². The predicted octanol–water partition coefficient (Wildman–Crippen LogP) is 1.94. The number of pyridine rings is 1.